The van der Waals surface area contributed by atoms with Crippen LogP contribution in [-0.4, -0.2) is 43.6 Å². The number of methoxy groups -OCH3 is 1. The van der Waals surface area contributed by atoms with E-state index >= 15 is 0 Å². The molecular weight excluding hydrogens is 190 g/mol. The van der Waals surface area contributed by atoms with Crippen molar-refractivity contribution in [2.75, 3.05) is 37.6 Å². The summed E-state index contributed by atoms with van der Waals surface area (Å²) < 4.78 is 9.80. The SMILES string of the molecule is COC(=O)CCS1(N)CCOCC1. The first kappa shape index (κ1) is 10.8. The summed E-state index contributed by atoms with van der Waals surface area (Å²) in [6, 6.07) is 0. The number of carbonyl (C=O) groups excluding carboxylic acids is 1. The molecule has 0 spiro atoms. The fraction of sp³-hybridized carbons (Fsp3) is 0.875. The van der Waals surface area contributed by atoms with E-state index in [1.165, 1.54) is 7.11 Å². The molecule has 1 fully saturated rings. The number of nitrogens with two attached hydrogens (primary N) is 1. The molecule has 0 bridgehead atoms. The third-order valence-corrected chi connectivity index (χ3v) is 5.19. The monoisotopic (exact) mass is 207 g/mol. The van der Waals surface area contributed by atoms with E-state index in [4.69, 9.17) is 9.88 Å². The predicted octanol–water partition coefficient (Wildman–Crippen LogP) is 0.258. The van der Waals surface area contributed by atoms with Gasteiger partial charge in [-0.05, 0) is 5.75 Å². The fourth-order valence-electron chi connectivity index (χ4n) is 1.25. The van der Waals surface area contributed by atoms with E-state index in [0.717, 1.165) is 30.5 Å². The van der Waals surface area contributed by atoms with Crippen LogP contribution in [0.15, 0.2) is 0 Å². The lowest BCUT2D eigenvalue weighted by Crippen LogP contribution is -2.32. The Morgan fingerprint density at radius 1 is 1.54 bits per heavy atom. The van der Waals surface area contributed by atoms with E-state index in [1.54, 1.807) is 0 Å². The summed E-state index contributed by atoms with van der Waals surface area (Å²) in [5, 5.41) is 6.16. The number of carbonyl (C=O) groups is 1. The van der Waals surface area contributed by atoms with Crippen molar-refractivity contribution in [2.45, 2.75) is 6.42 Å². The second kappa shape index (κ2) is 4.83. The molecule has 0 saturated carbocycles. The van der Waals surface area contributed by atoms with Gasteiger partial charge in [0.1, 0.15) is 0 Å². The van der Waals surface area contributed by atoms with Crippen LogP contribution in [0.2, 0.25) is 0 Å². The van der Waals surface area contributed by atoms with Crippen LogP contribution in [0.25, 0.3) is 0 Å². The summed E-state index contributed by atoms with van der Waals surface area (Å²) in [4.78, 5) is 10.9. The van der Waals surface area contributed by atoms with Crippen molar-refractivity contribution in [1.82, 2.24) is 0 Å². The number of hydrogen-bond donors (Lipinski definition) is 1. The minimum atomic E-state index is -1.07. The molecule has 4 nitrogen and oxygen atoms in total. The maximum absolute atomic E-state index is 10.9. The average Bonchev–Trinajstić information content (AvgIpc) is 2.15. The van der Waals surface area contributed by atoms with Crippen molar-refractivity contribution in [3.63, 3.8) is 0 Å². The van der Waals surface area contributed by atoms with Crippen LogP contribution in [0.4, 0.5) is 0 Å². The van der Waals surface area contributed by atoms with Gasteiger partial charge in [0.25, 0.3) is 0 Å². The van der Waals surface area contributed by atoms with Crippen molar-refractivity contribution >= 4 is 16.2 Å². The summed E-state index contributed by atoms with van der Waals surface area (Å²) in [5.41, 5.74) is 0. The van der Waals surface area contributed by atoms with Gasteiger partial charge in [0.15, 0.2) is 0 Å². The van der Waals surface area contributed by atoms with Crippen LogP contribution in [0, 0.1) is 0 Å². The molecule has 0 unspecified atom stereocenters. The number of ether oxygens (including phenoxy) is 2. The molecule has 1 saturated heterocycles. The molecule has 78 valence electrons. The molecule has 0 aliphatic carbocycles. The molecular formula is C8H17NO3S. The minimum absolute atomic E-state index is 0.163. The molecule has 0 atom stereocenters. The Bertz CT molecular complexity index is 180. The van der Waals surface area contributed by atoms with Crippen molar-refractivity contribution < 1.29 is 14.3 Å². The molecule has 0 aromatic rings. The van der Waals surface area contributed by atoms with Gasteiger partial charge in [-0.25, -0.2) is 0 Å². The average molecular weight is 207 g/mol. The third-order valence-electron chi connectivity index (χ3n) is 2.21. The van der Waals surface area contributed by atoms with Crippen LogP contribution in [0.3, 0.4) is 0 Å². The Labute approximate surface area is 80.2 Å². The van der Waals surface area contributed by atoms with E-state index in [0.29, 0.717) is 6.42 Å². The zero-order valence-electron chi connectivity index (χ0n) is 7.95. The van der Waals surface area contributed by atoms with Crippen LogP contribution in [0.1, 0.15) is 6.42 Å². The minimum Gasteiger partial charge on any atom is -0.469 e. The predicted molar refractivity (Wildman–Crippen MR) is 53.8 cm³/mol. The Balaban J connectivity index is 2.28. The molecule has 0 amide bonds. The van der Waals surface area contributed by atoms with Gasteiger partial charge >= 0.3 is 5.97 Å². The highest BCUT2D eigenvalue weighted by atomic mass is 32.3. The molecule has 0 aromatic heterocycles. The Morgan fingerprint density at radius 3 is 2.69 bits per heavy atom. The van der Waals surface area contributed by atoms with Crippen LogP contribution >= 0.6 is 10.2 Å². The molecule has 0 aromatic carbocycles. The summed E-state index contributed by atoms with van der Waals surface area (Å²) in [5.74, 6) is 2.46. The zero-order chi connectivity index (χ0) is 9.73. The molecule has 1 rings (SSSR count). The van der Waals surface area contributed by atoms with E-state index in [2.05, 4.69) is 4.74 Å². The summed E-state index contributed by atoms with van der Waals surface area (Å²) >= 11 is 0. The van der Waals surface area contributed by atoms with Crippen LogP contribution in [-0.2, 0) is 14.3 Å². The highest BCUT2D eigenvalue weighted by Gasteiger charge is 2.23. The van der Waals surface area contributed by atoms with Crippen LogP contribution in [0.5, 0.6) is 0 Å². The lowest BCUT2D eigenvalue weighted by atomic mass is 10.5. The number of esters is 1. The first-order chi connectivity index (χ1) is 6.16. The molecule has 0 radical (unpaired) electrons. The highest BCUT2D eigenvalue weighted by molar-refractivity contribution is 8.32. The van der Waals surface area contributed by atoms with Gasteiger partial charge in [0.2, 0.25) is 0 Å². The van der Waals surface area contributed by atoms with Crippen molar-refractivity contribution in [3.05, 3.63) is 0 Å². The second-order valence-corrected chi connectivity index (χ2v) is 6.61. The largest absolute Gasteiger partial charge is 0.469 e. The van der Waals surface area contributed by atoms with Crippen molar-refractivity contribution in [3.8, 4) is 0 Å². The van der Waals surface area contributed by atoms with Crippen molar-refractivity contribution in [2.24, 2.45) is 5.14 Å². The van der Waals surface area contributed by atoms with Gasteiger partial charge in [0, 0.05) is 11.5 Å². The summed E-state index contributed by atoms with van der Waals surface area (Å²) in [6.45, 7) is 1.49. The third kappa shape index (κ3) is 3.54. The van der Waals surface area contributed by atoms with Crippen molar-refractivity contribution in [1.29, 1.82) is 0 Å². The highest BCUT2D eigenvalue weighted by Crippen LogP contribution is 2.41. The van der Waals surface area contributed by atoms with Gasteiger partial charge in [-0.2, -0.15) is 10.2 Å². The maximum Gasteiger partial charge on any atom is 0.306 e. The van der Waals surface area contributed by atoms with E-state index in [1.807, 2.05) is 0 Å². The zero-order valence-corrected chi connectivity index (χ0v) is 8.77. The van der Waals surface area contributed by atoms with E-state index in [9.17, 15) is 4.79 Å². The molecule has 13 heavy (non-hydrogen) atoms. The summed E-state index contributed by atoms with van der Waals surface area (Å²) in [6.07, 6.45) is 0.447. The molecule has 5 heteroatoms. The maximum atomic E-state index is 10.9. The Hall–Kier alpha value is -0.260. The standard InChI is InChI=1S/C8H17NO3S/c1-11-8(10)2-5-13(9)6-3-12-4-7-13/h2-7,9H2,1H3. The summed E-state index contributed by atoms with van der Waals surface area (Å²) in [7, 11) is 0.336. The smallest absolute Gasteiger partial charge is 0.306 e. The first-order valence-corrected chi connectivity index (χ1v) is 6.55. The fourth-order valence-corrected chi connectivity index (χ4v) is 3.33. The molecule has 1 heterocycles. The van der Waals surface area contributed by atoms with Gasteiger partial charge < -0.3 is 9.47 Å². The topological polar surface area (TPSA) is 61.5 Å². The van der Waals surface area contributed by atoms with Gasteiger partial charge in [-0.1, -0.05) is 0 Å². The normalized spacial score (nSPS) is 23.5. The lowest BCUT2D eigenvalue weighted by Gasteiger charge is -2.38. The number of rotatable bonds is 3. The lowest BCUT2D eigenvalue weighted by molar-refractivity contribution is -0.140. The quantitative estimate of drug-likeness (QED) is 0.674. The number of hydrogen-bond acceptors (Lipinski definition) is 4. The van der Waals surface area contributed by atoms with Gasteiger partial charge in [-0.3, -0.25) is 9.93 Å². The van der Waals surface area contributed by atoms with E-state index in [-0.39, 0.29) is 5.97 Å². The molecule has 1 aliphatic heterocycles. The van der Waals surface area contributed by atoms with Gasteiger partial charge in [0.05, 0.1) is 26.7 Å². The second-order valence-electron chi connectivity index (χ2n) is 3.16. The molecule has 2 N–H and O–H groups in total. The van der Waals surface area contributed by atoms with Crippen LogP contribution < -0.4 is 5.14 Å². The van der Waals surface area contributed by atoms with E-state index < -0.39 is 10.2 Å². The Kier molecular flexibility index (Phi) is 4.02. The first-order valence-electron chi connectivity index (χ1n) is 4.35. The Morgan fingerprint density at radius 2 is 2.15 bits per heavy atom. The molecule has 1 aliphatic rings. The van der Waals surface area contributed by atoms with Gasteiger partial charge in [-0.15, -0.1) is 0 Å².